The number of ether oxygens (including phenoxy) is 1. The molecule has 0 saturated carbocycles. The molecule has 0 aliphatic heterocycles. The first-order valence-corrected chi connectivity index (χ1v) is 17.7. The van der Waals surface area contributed by atoms with Gasteiger partial charge in [0.05, 0.1) is 0 Å². The van der Waals surface area contributed by atoms with Gasteiger partial charge >= 0.3 is 11.9 Å². The van der Waals surface area contributed by atoms with Gasteiger partial charge in [-0.15, -0.1) is 0 Å². The predicted octanol–water partition coefficient (Wildman–Crippen LogP) is 10.1. The molecule has 2 N–H and O–H groups in total. The lowest BCUT2D eigenvalue weighted by atomic mass is 10.0. The van der Waals surface area contributed by atoms with E-state index in [1.165, 1.54) is 109 Å². The number of nitrogens with one attached hydrogen (secondary N) is 1. The molecule has 0 aliphatic carbocycles. The molecule has 6 heteroatoms. The number of aliphatic carboxylic acids is 1. The highest BCUT2D eigenvalue weighted by Crippen LogP contribution is 2.18. The molecule has 0 aliphatic rings. The fourth-order valence-corrected chi connectivity index (χ4v) is 5.40. The number of amides is 1. The van der Waals surface area contributed by atoms with Crippen LogP contribution in [0.1, 0.15) is 194 Å². The third-order valence-corrected chi connectivity index (χ3v) is 8.03. The molecular weight excluding hydrogens is 514 g/mol. The number of hydrogen-bond acceptors (Lipinski definition) is 4. The number of carbonyl (C=O) groups excluding carboxylic acids is 2. The van der Waals surface area contributed by atoms with Gasteiger partial charge in [-0.2, -0.15) is 0 Å². The predicted molar refractivity (Wildman–Crippen MR) is 171 cm³/mol. The summed E-state index contributed by atoms with van der Waals surface area (Å²) in [6, 6.07) is 0. The highest BCUT2D eigenvalue weighted by molar-refractivity contribution is 5.80. The van der Waals surface area contributed by atoms with E-state index in [0.29, 0.717) is 12.8 Å². The van der Waals surface area contributed by atoms with Gasteiger partial charge in [-0.05, 0) is 38.5 Å². The molecule has 0 bridgehead atoms. The SMILES string of the molecule is CCCCCCCCCCCCCCCCCC(=O)OC(CCCCCCC)CCCCCCC(=O)NCC(=O)O. The van der Waals surface area contributed by atoms with Gasteiger partial charge < -0.3 is 15.2 Å². The Hall–Kier alpha value is -1.59. The fourth-order valence-electron chi connectivity index (χ4n) is 5.40. The molecule has 6 nitrogen and oxygen atoms in total. The van der Waals surface area contributed by atoms with Crippen LogP contribution in [-0.4, -0.2) is 35.6 Å². The second-order valence-corrected chi connectivity index (χ2v) is 12.1. The van der Waals surface area contributed by atoms with Crippen molar-refractivity contribution in [2.75, 3.05) is 6.54 Å². The molecule has 0 aromatic heterocycles. The Bertz CT molecular complexity index is 609. The van der Waals surface area contributed by atoms with Crippen LogP contribution in [0.3, 0.4) is 0 Å². The normalized spacial score (nSPS) is 11.9. The van der Waals surface area contributed by atoms with Crippen LogP contribution in [0.4, 0.5) is 0 Å². The molecule has 0 aromatic rings. The zero-order valence-electron chi connectivity index (χ0n) is 27.2. The van der Waals surface area contributed by atoms with Crippen molar-refractivity contribution in [1.82, 2.24) is 5.32 Å². The van der Waals surface area contributed by atoms with Crippen molar-refractivity contribution in [3.05, 3.63) is 0 Å². The third-order valence-electron chi connectivity index (χ3n) is 8.03. The number of carboxylic acids is 1. The summed E-state index contributed by atoms with van der Waals surface area (Å²) in [5.41, 5.74) is 0. The smallest absolute Gasteiger partial charge is 0.322 e. The number of unbranched alkanes of at least 4 members (excludes halogenated alkanes) is 21. The van der Waals surface area contributed by atoms with Gasteiger partial charge in [0.15, 0.2) is 0 Å². The first-order chi connectivity index (χ1) is 20.0. The van der Waals surface area contributed by atoms with E-state index in [4.69, 9.17) is 9.84 Å². The monoisotopic (exact) mass is 582 g/mol. The van der Waals surface area contributed by atoms with Gasteiger partial charge in [-0.3, -0.25) is 14.4 Å². The van der Waals surface area contributed by atoms with Crippen molar-refractivity contribution in [3.8, 4) is 0 Å². The molecule has 41 heavy (non-hydrogen) atoms. The molecule has 0 saturated heterocycles. The van der Waals surface area contributed by atoms with Crippen LogP contribution >= 0.6 is 0 Å². The van der Waals surface area contributed by atoms with Crippen LogP contribution in [0.2, 0.25) is 0 Å². The number of esters is 1. The van der Waals surface area contributed by atoms with E-state index in [1.807, 2.05) is 0 Å². The third kappa shape index (κ3) is 31.2. The van der Waals surface area contributed by atoms with E-state index in [1.54, 1.807) is 0 Å². The van der Waals surface area contributed by atoms with Crippen LogP contribution in [0.25, 0.3) is 0 Å². The van der Waals surface area contributed by atoms with Crippen molar-refractivity contribution in [2.45, 2.75) is 200 Å². The van der Waals surface area contributed by atoms with Crippen LogP contribution in [0.15, 0.2) is 0 Å². The Kier molecular flexibility index (Phi) is 30.1. The average molecular weight is 582 g/mol. The summed E-state index contributed by atoms with van der Waals surface area (Å²) >= 11 is 0. The molecule has 1 amide bonds. The zero-order chi connectivity index (χ0) is 30.2. The standard InChI is InChI=1S/C35H67NO5/c1-3-5-7-9-10-11-12-13-14-15-16-17-18-20-26-30-35(40)41-32(27-23-19-8-6-4-2)28-24-21-22-25-29-33(37)36-31-34(38)39/h32H,3-31H2,1-2H3,(H,36,37)(H,38,39). The molecule has 1 atom stereocenters. The molecule has 0 fully saturated rings. The van der Waals surface area contributed by atoms with Gasteiger partial charge in [0.1, 0.15) is 12.6 Å². The van der Waals surface area contributed by atoms with Gasteiger partial charge in [-0.25, -0.2) is 0 Å². The molecule has 242 valence electrons. The molecule has 0 aromatic carbocycles. The van der Waals surface area contributed by atoms with Gasteiger partial charge in [0.2, 0.25) is 5.91 Å². The Labute approximate surface area is 253 Å². The van der Waals surface area contributed by atoms with Crippen LogP contribution in [0.5, 0.6) is 0 Å². The summed E-state index contributed by atoms with van der Waals surface area (Å²) in [5, 5.41) is 11.0. The topological polar surface area (TPSA) is 92.7 Å². The van der Waals surface area contributed by atoms with Crippen LogP contribution in [0, 0.1) is 0 Å². The maximum absolute atomic E-state index is 12.5. The summed E-state index contributed by atoms with van der Waals surface area (Å²) in [4.78, 5) is 34.7. The van der Waals surface area contributed by atoms with Crippen molar-refractivity contribution < 1.29 is 24.2 Å². The van der Waals surface area contributed by atoms with E-state index in [2.05, 4.69) is 19.2 Å². The van der Waals surface area contributed by atoms with Crippen molar-refractivity contribution in [2.24, 2.45) is 0 Å². The Morgan fingerprint density at radius 1 is 0.537 bits per heavy atom. The number of rotatable bonds is 32. The van der Waals surface area contributed by atoms with Gasteiger partial charge in [-0.1, -0.05) is 142 Å². The van der Waals surface area contributed by atoms with Crippen LogP contribution in [-0.2, 0) is 19.1 Å². The van der Waals surface area contributed by atoms with Crippen molar-refractivity contribution in [1.29, 1.82) is 0 Å². The maximum atomic E-state index is 12.5. The molecule has 0 radical (unpaired) electrons. The lowest BCUT2D eigenvalue weighted by Crippen LogP contribution is -2.28. The molecule has 1 unspecified atom stereocenters. The first kappa shape index (κ1) is 39.4. The van der Waals surface area contributed by atoms with Gasteiger partial charge in [0, 0.05) is 12.8 Å². The molecule has 0 spiro atoms. The highest BCUT2D eigenvalue weighted by Gasteiger charge is 2.14. The summed E-state index contributed by atoms with van der Waals surface area (Å²) in [7, 11) is 0. The number of carbonyl (C=O) groups is 3. The van der Waals surface area contributed by atoms with Crippen LogP contribution < -0.4 is 5.32 Å². The van der Waals surface area contributed by atoms with E-state index in [9.17, 15) is 14.4 Å². The minimum Gasteiger partial charge on any atom is -0.480 e. The summed E-state index contributed by atoms with van der Waals surface area (Å²) < 4.78 is 5.92. The fraction of sp³-hybridized carbons (Fsp3) is 0.914. The van der Waals surface area contributed by atoms with E-state index >= 15 is 0 Å². The van der Waals surface area contributed by atoms with Gasteiger partial charge in [0.25, 0.3) is 0 Å². The Morgan fingerprint density at radius 2 is 0.902 bits per heavy atom. The second-order valence-electron chi connectivity index (χ2n) is 12.1. The minimum absolute atomic E-state index is 0.0133. The summed E-state index contributed by atoms with van der Waals surface area (Å²) in [5.74, 6) is -1.26. The zero-order valence-corrected chi connectivity index (χ0v) is 27.2. The summed E-state index contributed by atoms with van der Waals surface area (Å²) in [6.07, 6.45) is 32.3. The van der Waals surface area contributed by atoms with Crippen molar-refractivity contribution >= 4 is 17.8 Å². The Morgan fingerprint density at radius 3 is 1.32 bits per heavy atom. The maximum Gasteiger partial charge on any atom is 0.322 e. The van der Waals surface area contributed by atoms with E-state index < -0.39 is 5.97 Å². The van der Waals surface area contributed by atoms with E-state index in [-0.39, 0.29) is 24.5 Å². The quantitative estimate of drug-likeness (QED) is 0.0609. The Balaban J connectivity index is 3.91. The molecule has 0 rings (SSSR count). The largest absolute Gasteiger partial charge is 0.480 e. The van der Waals surface area contributed by atoms with E-state index in [0.717, 1.165) is 57.8 Å². The lowest BCUT2D eigenvalue weighted by Gasteiger charge is -2.18. The molecular formula is C35H67NO5. The lowest BCUT2D eigenvalue weighted by molar-refractivity contribution is -0.150. The number of hydrogen-bond donors (Lipinski definition) is 2. The average Bonchev–Trinajstić information content (AvgIpc) is 2.95. The summed E-state index contributed by atoms with van der Waals surface area (Å²) in [6.45, 7) is 4.18. The number of carboxylic acid groups (broad SMARTS) is 1. The van der Waals surface area contributed by atoms with Crippen molar-refractivity contribution in [3.63, 3.8) is 0 Å². The second kappa shape index (κ2) is 31.3. The molecule has 0 heterocycles. The first-order valence-electron chi connectivity index (χ1n) is 17.7. The highest BCUT2D eigenvalue weighted by atomic mass is 16.5. The minimum atomic E-state index is -1.02.